The number of carbonyl (C=O) groups is 3. The van der Waals surface area contributed by atoms with Crippen molar-refractivity contribution in [3.05, 3.63) is 23.3 Å². The zero-order chi connectivity index (χ0) is 30.5. The summed E-state index contributed by atoms with van der Waals surface area (Å²) in [5.74, 6) is -0.159. The lowest BCUT2D eigenvalue weighted by molar-refractivity contribution is -0.161. The van der Waals surface area contributed by atoms with Crippen molar-refractivity contribution in [2.24, 2.45) is 44.8 Å². The first-order valence-corrected chi connectivity index (χ1v) is 16.0. The lowest BCUT2D eigenvalue weighted by atomic mass is 9.35. The minimum Gasteiger partial charge on any atom is -0.444 e. The van der Waals surface area contributed by atoms with Crippen molar-refractivity contribution in [1.82, 2.24) is 5.32 Å². The Morgan fingerprint density at radius 1 is 1.02 bits per heavy atom. The molecule has 8 atom stereocenters. The van der Waals surface area contributed by atoms with Crippen LogP contribution in [0.4, 0.5) is 4.79 Å². The number of Topliss-reactive ketones (excluding diaryl/α,β-unsaturated/α-hetero) is 1. The molecule has 5 aliphatic carbocycles. The molecule has 0 aromatic carbocycles. The number of amides is 1. The van der Waals surface area contributed by atoms with Crippen LogP contribution in [0, 0.1) is 56.2 Å². The van der Waals surface area contributed by atoms with Crippen LogP contribution in [-0.4, -0.2) is 42.5 Å². The van der Waals surface area contributed by atoms with Gasteiger partial charge >= 0.3 is 6.09 Å². The molecule has 0 radical (unpaired) electrons. The third-order valence-corrected chi connectivity index (χ3v) is 13.4. The summed E-state index contributed by atoms with van der Waals surface area (Å²) in [7, 11) is 0. The largest absolute Gasteiger partial charge is 0.444 e. The van der Waals surface area contributed by atoms with Crippen LogP contribution in [0.15, 0.2) is 23.3 Å². The molecule has 1 N–H and O–H groups in total. The Balaban J connectivity index is 1.43. The first-order valence-electron chi connectivity index (χ1n) is 16.0. The predicted molar refractivity (Wildman–Crippen MR) is 158 cm³/mol. The SMILES string of the molecule is CC1(C)CC[C@]2(NC(=O)O[C@H]3CCOC3)CC[C@]3(C)[C@H](C(=O)C=C4[C@@]5(C)C=C(C#N)C(=O)C(C)(C)[C@@H]5CC[C@]43C)[C@@H]2C1. The zero-order valence-electron chi connectivity index (χ0n) is 26.5. The second kappa shape index (κ2) is 9.27. The second-order valence-electron chi connectivity index (χ2n) is 16.4. The van der Waals surface area contributed by atoms with Crippen LogP contribution in [0.25, 0.3) is 0 Å². The lowest BCUT2D eigenvalue weighted by Crippen LogP contribution is -2.69. The number of fused-ring (bicyclic) bond motifs is 7. The Hall–Kier alpha value is -2.46. The van der Waals surface area contributed by atoms with Crippen LogP contribution in [0.2, 0.25) is 0 Å². The van der Waals surface area contributed by atoms with Gasteiger partial charge in [0.25, 0.3) is 0 Å². The van der Waals surface area contributed by atoms with Crippen molar-refractivity contribution in [3.8, 4) is 6.07 Å². The number of ketones is 2. The maximum absolute atomic E-state index is 14.6. The van der Waals surface area contributed by atoms with E-state index in [0.29, 0.717) is 19.6 Å². The summed E-state index contributed by atoms with van der Waals surface area (Å²) in [4.78, 5) is 41.2. The fourth-order valence-electron chi connectivity index (χ4n) is 10.8. The van der Waals surface area contributed by atoms with E-state index in [1.807, 2.05) is 26.0 Å². The Bertz CT molecular complexity index is 1330. The Kier molecular flexibility index (Phi) is 6.53. The van der Waals surface area contributed by atoms with Gasteiger partial charge in [-0.1, -0.05) is 60.1 Å². The van der Waals surface area contributed by atoms with E-state index in [-0.39, 0.29) is 63.3 Å². The molecule has 1 heterocycles. The molecule has 0 unspecified atom stereocenters. The van der Waals surface area contributed by atoms with E-state index in [9.17, 15) is 19.6 Å². The molecule has 228 valence electrons. The quantitative estimate of drug-likeness (QED) is 0.404. The van der Waals surface area contributed by atoms with E-state index in [0.717, 1.165) is 50.5 Å². The maximum atomic E-state index is 14.6. The number of ether oxygens (including phenoxy) is 2. The summed E-state index contributed by atoms with van der Waals surface area (Å²) < 4.78 is 11.2. The number of hydrogen-bond donors (Lipinski definition) is 1. The molecule has 1 amide bonds. The highest BCUT2D eigenvalue weighted by atomic mass is 16.6. The van der Waals surface area contributed by atoms with Crippen LogP contribution >= 0.6 is 0 Å². The van der Waals surface area contributed by atoms with Gasteiger partial charge in [0.2, 0.25) is 0 Å². The number of rotatable bonds is 2. The topological polar surface area (TPSA) is 105 Å². The number of nitriles is 1. The van der Waals surface area contributed by atoms with E-state index in [1.165, 1.54) is 0 Å². The summed E-state index contributed by atoms with van der Waals surface area (Å²) >= 11 is 0. The highest BCUT2D eigenvalue weighted by molar-refractivity contribution is 6.04. The molecule has 6 aliphatic rings. The minimum atomic E-state index is -0.679. The molecule has 0 bridgehead atoms. The number of allylic oxidation sites excluding steroid dienone is 4. The number of alkyl carbamates (subject to hydrolysis) is 1. The molecule has 1 aliphatic heterocycles. The number of nitrogens with zero attached hydrogens (tertiary/aromatic N) is 1. The summed E-state index contributed by atoms with van der Waals surface area (Å²) in [5, 5.41) is 13.3. The third-order valence-electron chi connectivity index (χ3n) is 13.4. The molecule has 0 aromatic heterocycles. The minimum absolute atomic E-state index is 0.00498. The molecular formula is C35H48N2O5. The van der Waals surface area contributed by atoms with Gasteiger partial charge in [-0.15, -0.1) is 0 Å². The summed E-state index contributed by atoms with van der Waals surface area (Å²) in [6.07, 6.45) is 9.98. The van der Waals surface area contributed by atoms with Gasteiger partial charge in [0.15, 0.2) is 11.6 Å². The fraction of sp³-hybridized carbons (Fsp3) is 0.771. The molecule has 1 saturated heterocycles. The molecule has 3 saturated carbocycles. The van der Waals surface area contributed by atoms with E-state index in [2.05, 4.69) is 46.0 Å². The van der Waals surface area contributed by atoms with Crippen molar-refractivity contribution in [3.63, 3.8) is 0 Å². The van der Waals surface area contributed by atoms with E-state index < -0.39 is 16.4 Å². The smallest absolute Gasteiger partial charge is 0.407 e. The molecular weight excluding hydrogens is 528 g/mol. The standard InChI is InChI=1S/C35H48N2O5/c1-30(2)11-13-35(37-29(40)42-22-9-15-41-20-22)14-12-34(7)27(23(35)18-30)24(38)16-26-32(5)17-21(19-36)28(39)31(3,4)25(32)8-10-33(26,34)6/h16-17,22-23,25,27H,8-15,18,20H2,1-7H3,(H,37,40)/t22-,23-,25-,27-,32-,33+,34+,35-/m0/s1. The van der Waals surface area contributed by atoms with Crippen molar-refractivity contribution < 1.29 is 23.9 Å². The van der Waals surface area contributed by atoms with Crippen molar-refractivity contribution in [1.29, 1.82) is 5.26 Å². The molecule has 4 fully saturated rings. The van der Waals surface area contributed by atoms with Gasteiger partial charge in [-0.05, 0) is 79.1 Å². The predicted octanol–water partition coefficient (Wildman–Crippen LogP) is 6.47. The summed E-state index contributed by atoms with van der Waals surface area (Å²) in [6.45, 7) is 16.4. The monoisotopic (exact) mass is 576 g/mol. The highest BCUT2D eigenvalue weighted by Crippen LogP contribution is 2.73. The first-order chi connectivity index (χ1) is 19.5. The summed E-state index contributed by atoms with van der Waals surface area (Å²) in [5.41, 5.74) is -0.936. The number of nitrogens with one attached hydrogen (secondary N) is 1. The number of carbonyl (C=O) groups excluding carboxylic acids is 3. The Morgan fingerprint density at radius 3 is 2.40 bits per heavy atom. The van der Waals surface area contributed by atoms with E-state index in [1.54, 1.807) is 0 Å². The van der Waals surface area contributed by atoms with Gasteiger partial charge < -0.3 is 14.8 Å². The van der Waals surface area contributed by atoms with Crippen molar-refractivity contribution in [2.75, 3.05) is 13.2 Å². The highest BCUT2D eigenvalue weighted by Gasteiger charge is 2.70. The maximum Gasteiger partial charge on any atom is 0.407 e. The van der Waals surface area contributed by atoms with Gasteiger partial charge in [-0.3, -0.25) is 9.59 Å². The molecule has 42 heavy (non-hydrogen) atoms. The summed E-state index contributed by atoms with van der Waals surface area (Å²) in [6, 6.07) is 2.19. The molecule has 7 nitrogen and oxygen atoms in total. The lowest BCUT2D eigenvalue weighted by Gasteiger charge is -2.69. The van der Waals surface area contributed by atoms with Crippen LogP contribution in [-0.2, 0) is 19.1 Å². The van der Waals surface area contributed by atoms with Gasteiger partial charge in [0.05, 0.1) is 18.8 Å². The second-order valence-corrected chi connectivity index (χ2v) is 16.4. The van der Waals surface area contributed by atoms with Crippen LogP contribution in [0.1, 0.15) is 99.8 Å². The fourth-order valence-corrected chi connectivity index (χ4v) is 10.8. The van der Waals surface area contributed by atoms with Crippen molar-refractivity contribution >= 4 is 17.7 Å². The van der Waals surface area contributed by atoms with Crippen LogP contribution < -0.4 is 5.32 Å². The van der Waals surface area contributed by atoms with Gasteiger partial charge in [0, 0.05) is 28.7 Å². The Morgan fingerprint density at radius 2 is 1.74 bits per heavy atom. The van der Waals surface area contributed by atoms with Crippen LogP contribution in [0.5, 0.6) is 0 Å². The van der Waals surface area contributed by atoms with Gasteiger partial charge in [0.1, 0.15) is 12.2 Å². The van der Waals surface area contributed by atoms with Crippen molar-refractivity contribution in [2.45, 2.75) is 111 Å². The third kappa shape index (κ3) is 3.96. The zero-order valence-corrected chi connectivity index (χ0v) is 26.5. The molecule has 6 rings (SSSR count). The number of hydrogen-bond acceptors (Lipinski definition) is 6. The average Bonchev–Trinajstić information content (AvgIpc) is 3.41. The van der Waals surface area contributed by atoms with Gasteiger partial charge in [-0.2, -0.15) is 5.26 Å². The molecule has 7 heteroatoms. The average molecular weight is 577 g/mol. The van der Waals surface area contributed by atoms with Gasteiger partial charge in [-0.25, -0.2) is 4.79 Å². The van der Waals surface area contributed by atoms with Crippen LogP contribution in [0.3, 0.4) is 0 Å². The molecule has 0 aromatic rings. The molecule has 0 spiro atoms. The van der Waals surface area contributed by atoms with E-state index in [4.69, 9.17) is 9.47 Å². The van der Waals surface area contributed by atoms with E-state index >= 15 is 0 Å². The first kappa shape index (κ1) is 29.6. The Labute approximate surface area is 250 Å². The normalized spacial score (nSPS) is 45.2.